The zero-order valence-electron chi connectivity index (χ0n) is 61.2. The van der Waals surface area contributed by atoms with Crippen molar-refractivity contribution in [3.63, 3.8) is 0 Å². The number of aromatic nitrogens is 7. The molecule has 21 nitrogen and oxygen atoms in total. The number of methoxy groups -OCH3 is 2. The van der Waals surface area contributed by atoms with Crippen LogP contribution in [0.3, 0.4) is 0 Å². The van der Waals surface area contributed by atoms with Gasteiger partial charge in [0.15, 0.2) is 46.1 Å². The predicted octanol–water partition coefficient (Wildman–Crippen LogP) is 16.9. The highest BCUT2D eigenvalue weighted by Gasteiger charge is 2.56. The van der Waals surface area contributed by atoms with E-state index in [0.717, 1.165) is 22.3 Å². The summed E-state index contributed by atoms with van der Waals surface area (Å²) in [5, 5.41) is 17.0. The summed E-state index contributed by atoms with van der Waals surface area (Å²) in [5.41, 5.74) is 0.770. The number of halogens is 2. The SMILES string of the molecule is COc1ccc(C(OC[C@H]2O[C@@H](n3cnc4c(NC(=O)c5ccccc5)ncnc43)[C@H](OP(=S)(OC[C@H]3O[C@@H](n4cc5c6c(ncnc64)N(C(=O)c4ccccc4)CCC5)[C@H](O[Si](C)(C)C(C)(C)C)[C@@H]3O)SCc3ccc(Cl)cc3Cl)[C@@H]2O[Si](C)(C)C(C)(C)C)(c2ccccc2)c2ccc(OC)cc2)cc1. The second-order valence-corrected chi connectivity index (χ2v) is 46.3. The van der Waals surface area contributed by atoms with Crippen LogP contribution in [0.5, 0.6) is 11.5 Å². The first-order chi connectivity index (χ1) is 50.6. The van der Waals surface area contributed by atoms with Crippen LogP contribution in [0.2, 0.25) is 46.3 Å². The highest BCUT2D eigenvalue weighted by molar-refractivity contribution is 8.67. The first kappa shape index (κ1) is 76.9. The number of amides is 2. The van der Waals surface area contributed by atoms with Gasteiger partial charge in [0.25, 0.3) is 11.8 Å². The van der Waals surface area contributed by atoms with Crippen molar-refractivity contribution < 1.29 is 56.3 Å². The maximum absolute atomic E-state index is 14.4. The van der Waals surface area contributed by atoms with E-state index >= 15 is 0 Å². The molecule has 0 spiro atoms. The summed E-state index contributed by atoms with van der Waals surface area (Å²) in [6.07, 6.45) is -0.995. The number of fused-ring (bicyclic) bond motifs is 1. The molecule has 13 rings (SSSR count). The van der Waals surface area contributed by atoms with Gasteiger partial charge in [-0.25, -0.2) is 24.9 Å². The zero-order chi connectivity index (χ0) is 75.1. The average Bonchev–Trinajstić information content (AvgIpc) is 1.37. The second-order valence-electron chi connectivity index (χ2n) is 29.7. The van der Waals surface area contributed by atoms with Gasteiger partial charge < -0.3 is 56.6 Å². The van der Waals surface area contributed by atoms with Gasteiger partial charge in [-0.1, -0.05) is 173 Å². The van der Waals surface area contributed by atoms with E-state index in [-0.39, 0.29) is 51.9 Å². The molecular formula is C78H88Cl2N9O12PS2Si2. The lowest BCUT2D eigenvalue weighted by Crippen LogP contribution is -2.50. The fraction of sp³-hybridized carbons (Fsp3) is 0.372. The molecule has 6 aromatic carbocycles. The van der Waals surface area contributed by atoms with Gasteiger partial charge >= 0.3 is 0 Å². The lowest BCUT2D eigenvalue weighted by molar-refractivity contribution is -0.0927. The van der Waals surface area contributed by atoms with Gasteiger partial charge in [-0.2, -0.15) is 0 Å². The number of carbonyl (C=O) groups is 2. The Balaban J connectivity index is 0.933. The van der Waals surface area contributed by atoms with Crippen molar-refractivity contribution in [1.29, 1.82) is 0 Å². The second kappa shape index (κ2) is 31.4. The van der Waals surface area contributed by atoms with Gasteiger partial charge in [0.05, 0.1) is 39.1 Å². The normalized spacial score (nSPS) is 20.7. The summed E-state index contributed by atoms with van der Waals surface area (Å²) < 4.78 is 67.9. The number of aliphatic hydroxyl groups is 1. The summed E-state index contributed by atoms with van der Waals surface area (Å²) >= 11 is 21.8. The maximum atomic E-state index is 14.4. The number of carbonyl (C=O) groups excluding carboxylic acids is 2. The van der Waals surface area contributed by atoms with Crippen LogP contribution in [-0.2, 0) is 61.7 Å². The number of anilines is 2. The number of benzene rings is 6. The first-order valence-corrected chi connectivity index (χ1v) is 46.0. The van der Waals surface area contributed by atoms with Crippen LogP contribution in [-0.4, -0.2) is 138 Å². The van der Waals surface area contributed by atoms with E-state index in [1.807, 2.05) is 120 Å². The number of hydrogen-bond acceptors (Lipinski definition) is 19. The Labute approximate surface area is 639 Å². The van der Waals surface area contributed by atoms with Gasteiger partial charge in [-0.3, -0.25) is 19.1 Å². The quantitative estimate of drug-likeness (QED) is 0.0308. The monoisotopic (exact) mass is 1560 g/mol. The Morgan fingerprint density at radius 3 is 1.85 bits per heavy atom. The van der Waals surface area contributed by atoms with Crippen LogP contribution >= 0.6 is 40.3 Å². The molecule has 106 heavy (non-hydrogen) atoms. The van der Waals surface area contributed by atoms with Crippen LogP contribution in [0, 0.1) is 0 Å². The standard InChI is InChI=1S/C78H88Cl2N9O12PS2Si2/c1-76(2,3)105(9,10)100-65-61(43-95-78(53-28-20-15-21-29-53,54-31-36-57(93-7)37-32-54)55-33-38-58(94-8)39-34-55)98-75(89-48-85-63-68(81-46-84-71(63)89)86-72(91)49-23-16-13-17-24-49)67(65)99-102(103,104-45-52-30-35-56(79)41-59(52)80)96-44-60-64(90)66(101-106(11,12)77(4,5)6)74(97-60)88-42-51-27-22-40-87(69-62(51)70(88)83-47-82-69)73(92)50-25-18-14-19-26-50/h13-21,23-26,28-39,41-42,46-48,60-61,64-67,74-75,90H,22,27,40,43-45H2,1-12H3,(H,81,84,86,91)/t60-,61-,64-,65-,66-,67-,74-,75-,102?/m1/s1. The third kappa shape index (κ3) is 15.7. The molecule has 2 amide bonds. The Bertz CT molecular complexity index is 4780. The molecule has 10 aromatic rings. The number of hydrogen-bond donors (Lipinski definition) is 2. The molecule has 0 radical (unpaired) electrons. The molecular weight excluding hydrogens is 1480 g/mol. The minimum atomic E-state index is -3.91. The number of ether oxygens (including phenoxy) is 5. The topological polar surface area (TPSA) is 227 Å². The molecule has 1 unspecified atom stereocenters. The Kier molecular flexibility index (Phi) is 22.8. The number of aryl methyl sites for hydroxylation is 1. The fourth-order valence-electron chi connectivity index (χ4n) is 13.1. The number of nitrogens with one attached hydrogen (secondary N) is 1. The third-order valence-corrected chi connectivity index (χ3v) is 35.6. The molecule has 0 bridgehead atoms. The Morgan fingerprint density at radius 2 is 1.24 bits per heavy atom. The van der Waals surface area contributed by atoms with Crippen molar-refractivity contribution in [3.8, 4) is 11.5 Å². The van der Waals surface area contributed by atoms with E-state index < -0.39 is 82.9 Å². The lowest BCUT2D eigenvalue weighted by Gasteiger charge is -2.42. The van der Waals surface area contributed by atoms with Crippen molar-refractivity contribution in [1.82, 2.24) is 34.1 Å². The van der Waals surface area contributed by atoms with Crippen LogP contribution < -0.4 is 19.7 Å². The molecule has 2 saturated heterocycles. The summed E-state index contributed by atoms with van der Waals surface area (Å²) in [6, 6.07) is 48.9. The molecule has 0 aliphatic carbocycles. The molecule has 28 heteroatoms. The van der Waals surface area contributed by atoms with Gasteiger partial charge in [0, 0.05) is 39.7 Å². The molecule has 3 aliphatic rings. The van der Waals surface area contributed by atoms with Crippen LogP contribution in [0.1, 0.15) is 109 Å². The van der Waals surface area contributed by atoms with E-state index in [1.54, 1.807) is 78.5 Å². The zero-order valence-corrected chi connectivity index (χ0v) is 67.3. The Morgan fingerprint density at radius 1 is 0.670 bits per heavy atom. The smallest absolute Gasteiger partial charge is 0.259 e. The lowest BCUT2D eigenvalue weighted by atomic mass is 9.80. The number of rotatable bonds is 25. The molecule has 2 N–H and O–H groups in total. The predicted molar refractivity (Wildman–Crippen MR) is 423 cm³/mol. The average molecular weight is 1570 g/mol. The molecule has 0 saturated carbocycles. The minimum absolute atomic E-state index is 0.122. The van der Waals surface area contributed by atoms with E-state index in [2.05, 4.69) is 78.0 Å². The van der Waals surface area contributed by atoms with Crippen molar-refractivity contribution in [2.24, 2.45) is 0 Å². The molecule has 9 atom stereocenters. The Hall–Kier alpha value is -7.28. The molecule has 2 fully saturated rings. The minimum Gasteiger partial charge on any atom is -0.497 e. The van der Waals surface area contributed by atoms with Crippen LogP contribution in [0.25, 0.3) is 22.2 Å². The molecule has 556 valence electrons. The van der Waals surface area contributed by atoms with Gasteiger partial charge in [0.2, 0.25) is 5.69 Å². The van der Waals surface area contributed by atoms with E-state index in [9.17, 15) is 14.7 Å². The maximum Gasteiger partial charge on any atom is 0.259 e. The fourth-order valence-corrected chi connectivity index (χ4v) is 20.6. The van der Waals surface area contributed by atoms with E-state index in [4.69, 9.17) is 96.5 Å². The molecule has 7 heterocycles. The summed E-state index contributed by atoms with van der Waals surface area (Å²) in [7, 11) is -2.42. The summed E-state index contributed by atoms with van der Waals surface area (Å²) in [4.78, 5) is 54.0. The molecule has 4 aromatic heterocycles. The van der Waals surface area contributed by atoms with Gasteiger partial charge in [0.1, 0.15) is 77.8 Å². The van der Waals surface area contributed by atoms with Crippen molar-refractivity contribution >= 4 is 114 Å². The first-order valence-electron chi connectivity index (χ1n) is 35.2. The molecule has 3 aliphatic heterocycles. The number of aliphatic hydroxyl groups excluding tert-OH is 1. The van der Waals surface area contributed by atoms with Crippen molar-refractivity contribution in [2.45, 2.75) is 151 Å². The van der Waals surface area contributed by atoms with Crippen LogP contribution in [0.15, 0.2) is 183 Å². The number of imidazole rings is 1. The highest BCUT2D eigenvalue weighted by Crippen LogP contribution is 2.66. The summed E-state index contributed by atoms with van der Waals surface area (Å²) in [5.74, 6) is 1.54. The van der Waals surface area contributed by atoms with Gasteiger partial charge in [-0.05, 0) is 149 Å². The summed E-state index contributed by atoms with van der Waals surface area (Å²) in [6.45, 7) is 21.5. The van der Waals surface area contributed by atoms with E-state index in [0.29, 0.717) is 74.5 Å². The highest BCUT2D eigenvalue weighted by atomic mass is 35.5. The van der Waals surface area contributed by atoms with Crippen LogP contribution in [0.4, 0.5) is 11.6 Å². The van der Waals surface area contributed by atoms with Crippen molar-refractivity contribution in [3.05, 3.63) is 232 Å². The number of nitrogens with zero attached hydrogens (tertiary/aromatic N) is 8. The largest absolute Gasteiger partial charge is 0.497 e. The third-order valence-electron chi connectivity index (χ3n) is 20.9. The van der Waals surface area contributed by atoms with E-state index in [1.165, 1.54) is 24.0 Å². The van der Waals surface area contributed by atoms with Crippen molar-refractivity contribution in [2.75, 3.05) is 44.2 Å². The van der Waals surface area contributed by atoms with Gasteiger partial charge in [-0.15, -0.1) is 0 Å².